The summed E-state index contributed by atoms with van der Waals surface area (Å²) < 4.78 is 32.0. The van der Waals surface area contributed by atoms with Crippen molar-refractivity contribution in [1.82, 2.24) is 5.32 Å². The zero-order chi connectivity index (χ0) is 13.0. The van der Waals surface area contributed by atoms with E-state index in [1.165, 1.54) is 12.1 Å². The van der Waals surface area contributed by atoms with Crippen molar-refractivity contribution in [3.8, 4) is 0 Å². The Hall–Kier alpha value is -1.00. The number of hydrogen-bond acceptors (Lipinski definition) is 2. The van der Waals surface area contributed by atoms with E-state index in [1.54, 1.807) is 0 Å². The lowest BCUT2D eigenvalue weighted by Gasteiger charge is -2.29. The van der Waals surface area contributed by atoms with E-state index in [2.05, 4.69) is 12.2 Å². The summed E-state index contributed by atoms with van der Waals surface area (Å²) in [7, 11) is 0. The van der Waals surface area contributed by atoms with Gasteiger partial charge in [0.25, 0.3) is 0 Å². The summed E-state index contributed by atoms with van der Waals surface area (Å²) >= 11 is 0. The molecule has 1 aliphatic heterocycles. The summed E-state index contributed by atoms with van der Waals surface area (Å²) in [6.45, 7) is 3.20. The van der Waals surface area contributed by atoms with Crippen LogP contribution in [-0.4, -0.2) is 18.8 Å². The first-order chi connectivity index (χ1) is 8.69. The van der Waals surface area contributed by atoms with E-state index in [4.69, 9.17) is 4.74 Å². The van der Waals surface area contributed by atoms with Crippen LogP contribution in [0.5, 0.6) is 0 Å². The standard InChI is InChI=1S/C14H19F2NO/c1-2-13-8-12(5-6-18-13)17-9-10-7-11(15)3-4-14(10)16/h3-4,7,12-13,17H,2,5-6,8-9H2,1H3. The monoisotopic (exact) mass is 255 g/mol. The first kappa shape index (κ1) is 13.4. The Labute approximate surface area is 106 Å². The minimum absolute atomic E-state index is 0.286. The zero-order valence-corrected chi connectivity index (χ0v) is 10.6. The van der Waals surface area contributed by atoms with Gasteiger partial charge in [-0.2, -0.15) is 0 Å². The van der Waals surface area contributed by atoms with Crippen LogP contribution in [-0.2, 0) is 11.3 Å². The van der Waals surface area contributed by atoms with Gasteiger partial charge in [0.15, 0.2) is 0 Å². The van der Waals surface area contributed by atoms with Crippen LogP contribution >= 0.6 is 0 Å². The molecule has 0 spiro atoms. The van der Waals surface area contributed by atoms with Gasteiger partial charge in [-0.05, 0) is 37.5 Å². The van der Waals surface area contributed by atoms with Gasteiger partial charge in [0.1, 0.15) is 11.6 Å². The third-order valence-corrected chi connectivity index (χ3v) is 3.41. The van der Waals surface area contributed by atoms with Crippen LogP contribution in [0.15, 0.2) is 18.2 Å². The predicted molar refractivity (Wildman–Crippen MR) is 66.3 cm³/mol. The number of rotatable bonds is 4. The molecule has 1 aromatic carbocycles. The van der Waals surface area contributed by atoms with Crippen molar-refractivity contribution in [3.05, 3.63) is 35.4 Å². The summed E-state index contributed by atoms with van der Waals surface area (Å²) in [5.41, 5.74) is 0.384. The van der Waals surface area contributed by atoms with Gasteiger partial charge in [-0.15, -0.1) is 0 Å². The Bertz CT molecular complexity index is 397. The average Bonchev–Trinajstić information content (AvgIpc) is 2.40. The lowest BCUT2D eigenvalue weighted by molar-refractivity contribution is -0.000358. The number of ether oxygens (including phenoxy) is 1. The van der Waals surface area contributed by atoms with E-state index in [0.717, 1.165) is 31.9 Å². The molecule has 18 heavy (non-hydrogen) atoms. The Morgan fingerprint density at radius 1 is 1.39 bits per heavy atom. The molecule has 0 aromatic heterocycles. The molecule has 100 valence electrons. The molecule has 1 N–H and O–H groups in total. The fraction of sp³-hybridized carbons (Fsp3) is 0.571. The molecule has 4 heteroatoms. The molecule has 2 rings (SSSR count). The van der Waals surface area contributed by atoms with Crippen LogP contribution in [0, 0.1) is 11.6 Å². The smallest absolute Gasteiger partial charge is 0.127 e. The average molecular weight is 255 g/mol. The highest BCUT2D eigenvalue weighted by Gasteiger charge is 2.20. The van der Waals surface area contributed by atoms with Crippen molar-refractivity contribution in [3.63, 3.8) is 0 Å². The van der Waals surface area contributed by atoms with Crippen LogP contribution < -0.4 is 5.32 Å². The Kier molecular flexibility index (Phi) is 4.66. The summed E-state index contributed by atoms with van der Waals surface area (Å²) in [6, 6.07) is 3.89. The number of benzene rings is 1. The normalized spacial score (nSPS) is 24.2. The van der Waals surface area contributed by atoms with Gasteiger partial charge in [-0.25, -0.2) is 8.78 Å². The van der Waals surface area contributed by atoms with Crippen molar-refractivity contribution in [2.45, 2.75) is 44.9 Å². The number of nitrogens with one attached hydrogen (secondary N) is 1. The van der Waals surface area contributed by atoms with Crippen LogP contribution in [0.3, 0.4) is 0 Å². The van der Waals surface area contributed by atoms with Gasteiger partial charge < -0.3 is 10.1 Å². The minimum atomic E-state index is -0.397. The third kappa shape index (κ3) is 3.50. The number of halogens is 2. The molecule has 0 aliphatic carbocycles. The Morgan fingerprint density at radius 3 is 3.00 bits per heavy atom. The summed E-state index contributed by atoms with van der Waals surface area (Å²) in [4.78, 5) is 0. The van der Waals surface area contributed by atoms with E-state index in [1.807, 2.05) is 0 Å². The fourth-order valence-electron chi connectivity index (χ4n) is 2.28. The van der Waals surface area contributed by atoms with Crippen molar-refractivity contribution in [2.24, 2.45) is 0 Å². The van der Waals surface area contributed by atoms with Gasteiger partial charge in [0.2, 0.25) is 0 Å². The van der Waals surface area contributed by atoms with Crippen molar-refractivity contribution in [2.75, 3.05) is 6.61 Å². The first-order valence-electron chi connectivity index (χ1n) is 6.48. The highest BCUT2D eigenvalue weighted by molar-refractivity contribution is 5.18. The van der Waals surface area contributed by atoms with Crippen LogP contribution in [0.25, 0.3) is 0 Å². The first-order valence-corrected chi connectivity index (χ1v) is 6.48. The maximum absolute atomic E-state index is 13.4. The lowest BCUT2D eigenvalue weighted by Crippen LogP contribution is -2.38. The minimum Gasteiger partial charge on any atom is -0.378 e. The molecule has 1 aromatic rings. The fourth-order valence-corrected chi connectivity index (χ4v) is 2.28. The highest BCUT2D eigenvalue weighted by Crippen LogP contribution is 2.17. The molecule has 2 nitrogen and oxygen atoms in total. The van der Waals surface area contributed by atoms with Gasteiger partial charge in [-0.3, -0.25) is 0 Å². The van der Waals surface area contributed by atoms with Crippen molar-refractivity contribution in [1.29, 1.82) is 0 Å². The highest BCUT2D eigenvalue weighted by atomic mass is 19.1. The molecular weight excluding hydrogens is 236 g/mol. The molecule has 0 radical (unpaired) electrons. The molecule has 1 saturated heterocycles. The second kappa shape index (κ2) is 6.25. The SMILES string of the molecule is CCC1CC(NCc2cc(F)ccc2F)CCO1. The summed E-state index contributed by atoms with van der Waals surface area (Å²) in [5.74, 6) is -0.755. The maximum Gasteiger partial charge on any atom is 0.127 e. The zero-order valence-electron chi connectivity index (χ0n) is 10.6. The summed E-state index contributed by atoms with van der Waals surface area (Å²) in [5, 5.41) is 3.28. The molecule has 1 heterocycles. The Balaban J connectivity index is 1.89. The molecule has 0 bridgehead atoms. The molecule has 1 aliphatic rings. The molecule has 1 fully saturated rings. The predicted octanol–water partition coefficient (Wildman–Crippen LogP) is 3.01. The molecular formula is C14H19F2NO. The van der Waals surface area contributed by atoms with Crippen LogP contribution in [0.1, 0.15) is 31.7 Å². The van der Waals surface area contributed by atoms with Crippen molar-refractivity contribution < 1.29 is 13.5 Å². The van der Waals surface area contributed by atoms with E-state index in [0.29, 0.717) is 18.2 Å². The molecule has 0 amide bonds. The van der Waals surface area contributed by atoms with Gasteiger partial charge in [-0.1, -0.05) is 6.92 Å². The van der Waals surface area contributed by atoms with Gasteiger partial charge in [0, 0.05) is 24.8 Å². The van der Waals surface area contributed by atoms with Crippen molar-refractivity contribution >= 4 is 0 Å². The second-order valence-corrected chi connectivity index (χ2v) is 4.74. The van der Waals surface area contributed by atoms with E-state index in [9.17, 15) is 8.78 Å². The Morgan fingerprint density at radius 2 is 2.22 bits per heavy atom. The second-order valence-electron chi connectivity index (χ2n) is 4.74. The summed E-state index contributed by atoms with van der Waals surface area (Å²) in [6.07, 6.45) is 3.14. The maximum atomic E-state index is 13.4. The number of hydrogen-bond donors (Lipinski definition) is 1. The molecule has 2 unspecified atom stereocenters. The molecule has 0 saturated carbocycles. The van der Waals surface area contributed by atoms with E-state index >= 15 is 0 Å². The third-order valence-electron chi connectivity index (χ3n) is 3.41. The van der Waals surface area contributed by atoms with Gasteiger partial charge >= 0.3 is 0 Å². The molecule has 2 atom stereocenters. The van der Waals surface area contributed by atoms with Gasteiger partial charge in [0.05, 0.1) is 6.10 Å². The topological polar surface area (TPSA) is 21.3 Å². The quantitative estimate of drug-likeness (QED) is 0.893. The lowest BCUT2D eigenvalue weighted by atomic mass is 10.0. The van der Waals surface area contributed by atoms with Crippen LogP contribution in [0.4, 0.5) is 8.78 Å². The largest absolute Gasteiger partial charge is 0.378 e. The van der Waals surface area contributed by atoms with Crippen LogP contribution in [0.2, 0.25) is 0 Å². The van der Waals surface area contributed by atoms with E-state index in [-0.39, 0.29) is 11.9 Å². The van der Waals surface area contributed by atoms with E-state index < -0.39 is 5.82 Å².